The van der Waals surface area contributed by atoms with E-state index in [1.807, 2.05) is 0 Å². The molecule has 1 heterocycles. The summed E-state index contributed by atoms with van der Waals surface area (Å²) in [6, 6.07) is 0. The predicted molar refractivity (Wildman–Crippen MR) is 297 cm³/mol. The van der Waals surface area contributed by atoms with Crippen LogP contribution in [0.3, 0.4) is 0 Å². The fraction of sp³-hybridized carbons (Fsp3) is 0.918. The highest BCUT2D eigenvalue weighted by Crippen LogP contribution is 2.68. The third kappa shape index (κ3) is 20.6. The number of fused-ring (bicyclic) bond motifs is 5. The van der Waals surface area contributed by atoms with Gasteiger partial charge in [0.2, 0.25) is 11.8 Å². The molecule has 14 atom stereocenters. The highest BCUT2D eigenvalue weighted by atomic mass is 16.7. The minimum Gasteiger partial charge on any atom is -0.446 e. The maximum atomic E-state index is 13.0. The molecule has 0 spiro atoms. The van der Waals surface area contributed by atoms with E-state index in [9.17, 15) is 34.8 Å². The lowest BCUT2D eigenvalue weighted by molar-refractivity contribution is -0.302. The van der Waals surface area contributed by atoms with Crippen molar-refractivity contribution in [3.8, 4) is 0 Å². The average molecular weight is 1080 g/mol. The van der Waals surface area contributed by atoms with Gasteiger partial charge in [-0.15, -0.1) is 0 Å². The average Bonchev–Trinajstić information content (AvgIpc) is 3.77. The Morgan fingerprint density at radius 1 is 0.632 bits per heavy atom. The molecule has 15 heteroatoms. The number of nitrogens with one attached hydrogen (secondary N) is 3. The molecule has 1 saturated heterocycles. The van der Waals surface area contributed by atoms with Gasteiger partial charge in [-0.2, -0.15) is 0 Å². The molecule has 0 aromatic heterocycles. The summed E-state index contributed by atoms with van der Waals surface area (Å²) in [6.45, 7) is 12.3. The summed E-state index contributed by atoms with van der Waals surface area (Å²) in [7, 11) is 0. The van der Waals surface area contributed by atoms with Crippen LogP contribution < -0.4 is 16.0 Å². The number of carbonyl (C=O) groups excluding carboxylic acids is 3. The molecule has 8 unspecified atom stereocenters. The lowest BCUT2D eigenvalue weighted by atomic mass is 9.44. The van der Waals surface area contributed by atoms with E-state index >= 15 is 0 Å². The molecule has 76 heavy (non-hydrogen) atoms. The Labute approximate surface area is 459 Å². The molecule has 5 aliphatic rings. The number of hydrogen-bond donors (Lipinski definition) is 7. The first-order chi connectivity index (χ1) is 36.8. The molecule has 3 amide bonds. The number of alkyl carbamates (subject to hydrolysis) is 1. The number of carbonyl (C=O) groups is 3. The third-order valence-corrected chi connectivity index (χ3v) is 19.1. The van der Waals surface area contributed by atoms with Gasteiger partial charge in [-0.1, -0.05) is 104 Å². The van der Waals surface area contributed by atoms with Crippen molar-refractivity contribution in [2.75, 3.05) is 59.3 Å². The molecular formula is C61H109N3O12. The Bertz CT molecular complexity index is 1650. The van der Waals surface area contributed by atoms with E-state index in [1.165, 1.54) is 128 Å². The summed E-state index contributed by atoms with van der Waals surface area (Å²) in [6.07, 6.45) is 31.3. The Kier molecular flexibility index (Phi) is 30.0. The van der Waals surface area contributed by atoms with Crippen LogP contribution in [0.4, 0.5) is 4.79 Å². The van der Waals surface area contributed by atoms with E-state index in [1.54, 1.807) is 0 Å². The summed E-state index contributed by atoms with van der Waals surface area (Å²) < 4.78 is 27.7. The third-order valence-electron chi connectivity index (χ3n) is 19.1. The highest BCUT2D eigenvalue weighted by Gasteiger charge is 2.61. The van der Waals surface area contributed by atoms with Crippen molar-refractivity contribution in [1.82, 2.24) is 16.0 Å². The zero-order valence-electron chi connectivity index (χ0n) is 48.0. The molecule has 0 aromatic carbocycles. The van der Waals surface area contributed by atoms with Crippen LogP contribution in [0.2, 0.25) is 0 Å². The van der Waals surface area contributed by atoms with Gasteiger partial charge in [0.25, 0.3) is 0 Å². The fourth-order valence-corrected chi connectivity index (χ4v) is 14.6. The van der Waals surface area contributed by atoms with E-state index < -0.39 is 37.3 Å². The first-order valence-electron chi connectivity index (χ1n) is 31.0. The topological polar surface area (TPSA) is 214 Å². The Hall–Kier alpha value is -2.37. The molecule has 15 nitrogen and oxygen atoms in total. The van der Waals surface area contributed by atoms with E-state index in [4.69, 9.17) is 23.7 Å². The highest BCUT2D eigenvalue weighted by molar-refractivity contribution is 5.76. The zero-order valence-corrected chi connectivity index (χ0v) is 48.0. The number of amides is 3. The second-order valence-electron chi connectivity index (χ2n) is 24.4. The normalized spacial score (nSPS) is 31.6. The largest absolute Gasteiger partial charge is 0.446 e. The monoisotopic (exact) mass is 1080 g/mol. The van der Waals surface area contributed by atoms with Gasteiger partial charge in [-0.05, 0) is 155 Å². The van der Waals surface area contributed by atoms with Crippen molar-refractivity contribution >= 4 is 17.9 Å². The molecule has 5 fully saturated rings. The van der Waals surface area contributed by atoms with Gasteiger partial charge in [0.15, 0.2) is 6.29 Å². The summed E-state index contributed by atoms with van der Waals surface area (Å²) >= 11 is 0. The van der Waals surface area contributed by atoms with Crippen molar-refractivity contribution in [1.29, 1.82) is 0 Å². The van der Waals surface area contributed by atoms with E-state index in [2.05, 4.69) is 55.8 Å². The van der Waals surface area contributed by atoms with Gasteiger partial charge in [-0.25, -0.2) is 4.79 Å². The van der Waals surface area contributed by atoms with Crippen LogP contribution in [0.15, 0.2) is 12.2 Å². The standard InChI is InChI=1S/C61H109N3O12/c1-5-6-7-8-9-10-11-12-13-14-15-16-17-18-19-22-36-64-59(71)75-47-31-33-60(3)46(43-47)26-27-48-50-29-28-49(61(50,4)34-32-51(48)60)45(2)25-30-54(67)62-35-23-20-21-24-53(66)63-37-38-72-39-40-73-41-42-74-58-57(70)56(69)55(68)52(44-65)76-58/h12-13,45-52,55-58,65,68-70H,5-11,14-44H2,1-4H3,(H,62,67)(H,63,66)(H,64,71)/b13-12-/t45?,46?,47-,48?,49?,50?,51?,52?,55-,56?,57-,58+,60+,61-/m1/s1. The molecule has 0 aromatic rings. The number of aliphatic hydroxyl groups is 4. The van der Waals surface area contributed by atoms with Gasteiger partial charge in [-0.3, -0.25) is 9.59 Å². The van der Waals surface area contributed by atoms with E-state index in [-0.39, 0.29) is 37.2 Å². The van der Waals surface area contributed by atoms with Crippen molar-refractivity contribution < 1.29 is 58.5 Å². The van der Waals surface area contributed by atoms with Gasteiger partial charge < -0.3 is 60.1 Å². The van der Waals surface area contributed by atoms with Crippen molar-refractivity contribution in [2.24, 2.45) is 46.3 Å². The molecule has 0 radical (unpaired) electrons. The zero-order chi connectivity index (χ0) is 54.6. The van der Waals surface area contributed by atoms with Crippen LogP contribution in [0, 0.1) is 46.3 Å². The van der Waals surface area contributed by atoms with Crippen molar-refractivity contribution in [2.45, 2.75) is 251 Å². The minimum atomic E-state index is -1.49. The molecule has 5 rings (SSSR count). The number of allylic oxidation sites excluding steroid dienone is 2. The number of ether oxygens (including phenoxy) is 5. The number of rotatable bonds is 38. The molecule has 4 saturated carbocycles. The number of unbranched alkanes of at least 4 members (excludes halogenated alkanes) is 14. The van der Waals surface area contributed by atoms with Crippen LogP contribution in [0.5, 0.6) is 0 Å². The Morgan fingerprint density at radius 2 is 1.24 bits per heavy atom. The van der Waals surface area contributed by atoms with Gasteiger partial charge in [0.05, 0.1) is 39.6 Å². The van der Waals surface area contributed by atoms with Crippen LogP contribution in [-0.4, -0.2) is 134 Å². The van der Waals surface area contributed by atoms with Gasteiger partial charge in [0.1, 0.15) is 30.5 Å². The Balaban J connectivity index is 0.836. The maximum absolute atomic E-state index is 13.0. The van der Waals surface area contributed by atoms with E-state index in [0.29, 0.717) is 80.9 Å². The minimum absolute atomic E-state index is 0.0224. The molecule has 7 N–H and O–H groups in total. The molecule has 0 bridgehead atoms. The predicted octanol–water partition coefficient (Wildman–Crippen LogP) is 9.84. The van der Waals surface area contributed by atoms with Gasteiger partial charge in [0, 0.05) is 32.5 Å². The summed E-state index contributed by atoms with van der Waals surface area (Å²) in [5.74, 6) is 4.24. The summed E-state index contributed by atoms with van der Waals surface area (Å²) in [4.78, 5) is 38.2. The van der Waals surface area contributed by atoms with Crippen LogP contribution in [-0.2, 0) is 33.3 Å². The molecule has 1 aliphatic heterocycles. The lowest BCUT2D eigenvalue weighted by Gasteiger charge is -2.61. The molecular weight excluding hydrogens is 967 g/mol. The SMILES string of the molecule is CCCCCCCC/C=C\CCCCCCCCNC(=O)O[C@@H]1CC[C@@]2(C)C(CCC3C4CCC(C(C)CCC(=O)NCCCCCC(=O)NCCOCCOCCO[C@H]5OC(CO)[C@@H](O)C(O)[C@H]5O)[C@@]4(C)CCC32)C1. The second kappa shape index (κ2) is 35.4. The van der Waals surface area contributed by atoms with Crippen LogP contribution in [0.1, 0.15) is 214 Å². The number of hydrogen-bond acceptors (Lipinski definition) is 12. The van der Waals surface area contributed by atoms with E-state index in [0.717, 1.165) is 62.7 Å². The van der Waals surface area contributed by atoms with Crippen molar-refractivity contribution in [3.63, 3.8) is 0 Å². The lowest BCUT2D eigenvalue weighted by Crippen LogP contribution is -2.59. The second-order valence-corrected chi connectivity index (χ2v) is 24.4. The smallest absolute Gasteiger partial charge is 0.407 e. The van der Waals surface area contributed by atoms with Crippen LogP contribution in [0.25, 0.3) is 0 Å². The van der Waals surface area contributed by atoms with Gasteiger partial charge >= 0.3 is 6.09 Å². The fourth-order valence-electron chi connectivity index (χ4n) is 14.6. The molecule has 440 valence electrons. The first-order valence-corrected chi connectivity index (χ1v) is 31.0. The number of aliphatic hydroxyl groups excluding tert-OH is 4. The Morgan fingerprint density at radius 3 is 1.96 bits per heavy atom. The summed E-state index contributed by atoms with van der Waals surface area (Å²) in [5, 5.41) is 48.1. The quantitative estimate of drug-likeness (QED) is 0.0227. The summed E-state index contributed by atoms with van der Waals surface area (Å²) in [5.41, 5.74) is 0.681. The van der Waals surface area contributed by atoms with Crippen LogP contribution >= 0.6 is 0 Å². The first kappa shape index (κ1) is 64.5. The van der Waals surface area contributed by atoms with Crippen molar-refractivity contribution in [3.05, 3.63) is 12.2 Å². The maximum Gasteiger partial charge on any atom is 0.407 e. The molecule has 4 aliphatic carbocycles.